The molecule has 5 aromatic rings. The number of fused-ring (bicyclic) bond motifs is 6. The molecule has 4 aromatic carbocycles. The van der Waals surface area contributed by atoms with Crippen molar-refractivity contribution < 1.29 is 20.1 Å². The van der Waals surface area contributed by atoms with Crippen molar-refractivity contribution in [3.63, 3.8) is 0 Å². The summed E-state index contributed by atoms with van der Waals surface area (Å²) in [6, 6.07) is 34.2. The van der Waals surface area contributed by atoms with Crippen LogP contribution >= 0.6 is 0 Å². The number of hydrogen-bond donors (Lipinski definition) is 0. The van der Waals surface area contributed by atoms with Gasteiger partial charge in [-0.1, -0.05) is 86.1 Å². The van der Waals surface area contributed by atoms with Gasteiger partial charge in [-0.15, -0.1) is 29.3 Å². The monoisotopic (exact) mass is 587 g/mol. The second-order valence-corrected chi connectivity index (χ2v) is 9.14. The Balaban J connectivity index is 0.00000196. The van der Waals surface area contributed by atoms with Crippen molar-refractivity contribution in [1.29, 1.82) is 0 Å². The Labute approximate surface area is 201 Å². The minimum absolute atomic E-state index is 0. The Morgan fingerprint density at radius 3 is 2.16 bits per heavy atom. The normalized spacial score (nSPS) is 13.9. The van der Waals surface area contributed by atoms with E-state index in [9.17, 15) is 0 Å². The van der Waals surface area contributed by atoms with E-state index in [1.54, 1.807) is 0 Å². The Morgan fingerprint density at radius 1 is 0.656 bits per heavy atom. The topological polar surface area (TPSA) is 12.9 Å². The zero-order valence-corrected chi connectivity index (χ0v) is 20.3. The van der Waals surface area contributed by atoms with Crippen LogP contribution in [0.4, 0.5) is 0 Å². The molecule has 7 rings (SSSR count). The van der Waals surface area contributed by atoms with E-state index >= 15 is 0 Å². The first-order valence-corrected chi connectivity index (χ1v) is 10.8. The van der Waals surface area contributed by atoms with Crippen LogP contribution in [0.3, 0.4) is 0 Å². The first-order valence-electron chi connectivity index (χ1n) is 10.8. The molecule has 2 heteroatoms. The molecule has 0 saturated heterocycles. The van der Waals surface area contributed by atoms with Crippen LogP contribution in [0.2, 0.25) is 0 Å². The summed E-state index contributed by atoms with van der Waals surface area (Å²) in [5.41, 5.74) is 13.6. The molecule has 0 amide bonds. The summed E-state index contributed by atoms with van der Waals surface area (Å²) in [7, 11) is 0. The van der Waals surface area contributed by atoms with Crippen molar-refractivity contribution >= 4 is 10.9 Å². The minimum Gasteiger partial charge on any atom is -0.296 e. The number of rotatable bonds is 1. The standard InChI is InChI=1S/C30H20N.Ir/c1-30(2)25-12-6-5-10-21(25)23-16-18(14-15-26(23)30)28-17-24-20-9-4-3-8-19(20)22-11-7-13-27(31-28)29(22)24;/h3-13,15-17H,1-2H3;/q-1;. The molecule has 0 N–H and O–H groups in total. The van der Waals surface area contributed by atoms with Gasteiger partial charge in [0.1, 0.15) is 0 Å². The van der Waals surface area contributed by atoms with Crippen LogP contribution < -0.4 is 0 Å². The fourth-order valence-electron chi connectivity index (χ4n) is 5.60. The molecule has 0 saturated carbocycles. The number of aromatic nitrogens is 1. The Bertz CT molecular complexity index is 1560. The fraction of sp³-hybridized carbons (Fsp3) is 0.100. The second-order valence-electron chi connectivity index (χ2n) is 9.14. The molecule has 2 aliphatic carbocycles. The van der Waals surface area contributed by atoms with Crippen LogP contribution in [0.15, 0.2) is 84.9 Å². The first kappa shape index (κ1) is 19.6. The van der Waals surface area contributed by atoms with Gasteiger partial charge in [0.15, 0.2) is 0 Å². The van der Waals surface area contributed by atoms with Gasteiger partial charge in [0.2, 0.25) is 0 Å². The molecule has 0 fully saturated rings. The molecular weight excluding hydrogens is 567 g/mol. The molecule has 1 aromatic heterocycles. The van der Waals surface area contributed by atoms with E-state index in [0.29, 0.717) is 0 Å². The third-order valence-corrected chi connectivity index (χ3v) is 7.13. The van der Waals surface area contributed by atoms with E-state index in [-0.39, 0.29) is 25.5 Å². The zero-order valence-electron chi connectivity index (χ0n) is 17.9. The molecule has 1 heterocycles. The van der Waals surface area contributed by atoms with Gasteiger partial charge in [-0.3, -0.25) is 4.98 Å². The van der Waals surface area contributed by atoms with E-state index in [2.05, 4.69) is 105 Å². The van der Waals surface area contributed by atoms with Gasteiger partial charge in [-0.05, 0) is 50.6 Å². The molecule has 0 bridgehead atoms. The molecule has 0 spiro atoms. The van der Waals surface area contributed by atoms with Crippen LogP contribution in [-0.4, -0.2) is 4.98 Å². The van der Waals surface area contributed by atoms with Crippen molar-refractivity contribution in [3.05, 3.63) is 102 Å². The summed E-state index contributed by atoms with van der Waals surface area (Å²) in [4.78, 5) is 5.08. The molecule has 0 atom stereocenters. The number of nitrogens with zero attached hydrogens (tertiary/aromatic N) is 1. The maximum atomic E-state index is 5.08. The van der Waals surface area contributed by atoms with Crippen molar-refractivity contribution in [2.45, 2.75) is 19.3 Å². The van der Waals surface area contributed by atoms with E-state index in [4.69, 9.17) is 4.98 Å². The molecule has 32 heavy (non-hydrogen) atoms. The molecule has 2 aliphatic rings. The van der Waals surface area contributed by atoms with Gasteiger partial charge in [0.05, 0.1) is 5.52 Å². The van der Waals surface area contributed by atoms with Crippen LogP contribution in [0.1, 0.15) is 25.0 Å². The van der Waals surface area contributed by atoms with Gasteiger partial charge in [-0.25, -0.2) is 0 Å². The summed E-state index contributed by atoms with van der Waals surface area (Å²) >= 11 is 0. The first-order chi connectivity index (χ1) is 15.1. The van der Waals surface area contributed by atoms with Crippen LogP contribution in [-0.2, 0) is 25.5 Å². The Morgan fingerprint density at radius 2 is 1.34 bits per heavy atom. The smallest absolute Gasteiger partial charge is 0.0607 e. The van der Waals surface area contributed by atoms with Gasteiger partial charge >= 0.3 is 0 Å². The van der Waals surface area contributed by atoms with E-state index in [0.717, 1.165) is 16.8 Å². The zero-order chi connectivity index (χ0) is 20.7. The predicted octanol–water partition coefficient (Wildman–Crippen LogP) is 7.65. The van der Waals surface area contributed by atoms with E-state index in [1.807, 2.05) is 0 Å². The van der Waals surface area contributed by atoms with E-state index in [1.165, 1.54) is 49.9 Å². The molecular formula is C30H20IrN-. The molecule has 0 aliphatic heterocycles. The summed E-state index contributed by atoms with van der Waals surface area (Å²) in [6.07, 6.45) is 0. The SMILES string of the molecule is CC1(C)c2c[c-]c(-c3cc4c5c(cccc5n3)-c3ccccc3-4)cc2-c2ccccc21.[Ir]. The van der Waals surface area contributed by atoms with Gasteiger partial charge in [0.25, 0.3) is 0 Å². The number of pyridine rings is 1. The maximum absolute atomic E-state index is 5.08. The molecule has 1 nitrogen and oxygen atoms in total. The van der Waals surface area contributed by atoms with Crippen LogP contribution in [0, 0.1) is 6.07 Å². The third kappa shape index (κ3) is 2.45. The van der Waals surface area contributed by atoms with Gasteiger partial charge in [-0.2, -0.15) is 0 Å². The fourth-order valence-corrected chi connectivity index (χ4v) is 5.60. The predicted molar refractivity (Wildman–Crippen MR) is 128 cm³/mol. The van der Waals surface area contributed by atoms with Crippen molar-refractivity contribution in [2.75, 3.05) is 0 Å². The van der Waals surface area contributed by atoms with Crippen molar-refractivity contribution in [3.8, 4) is 44.6 Å². The molecule has 0 unspecified atom stereocenters. The van der Waals surface area contributed by atoms with Crippen LogP contribution in [0.25, 0.3) is 55.5 Å². The number of hydrogen-bond acceptors (Lipinski definition) is 1. The third-order valence-electron chi connectivity index (χ3n) is 7.13. The summed E-state index contributed by atoms with van der Waals surface area (Å²) < 4.78 is 0. The molecule has 1 radical (unpaired) electrons. The number of benzene rings is 4. The average molecular weight is 587 g/mol. The van der Waals surface area contributed by atoms with Crippen molar-refractivity contribution in [2.24, 2.45) is 0 Å². The Hall–Kier alpha value is -3.06. The average Bonchev–Trinajstić information content (AvgIpc) is 3.25. The summed E-state index contributed by atoms with van der Waals surface area (Å²) in [5, 5.41) is 1.26. The van der Waals surface area contributed by atoms with Gasteiger partial charge < -0.3 is 0 Å². The molecule has 155 valence electrons. The largest absolute Gasteiger partial charge is 0.296 e. The van der Waals surface area contributed by atoms with Crippen molar-refractivity contribution in [1.82, 2.24) is 4.98 Å². The Kier molecular flexibility index (Phi) is 4.12. The second kappa shape index (κ2) is 6.72. The van der Waals surface area contributed by atoms with Crippen LogP contribution in [0.5, 0.6) is 0 Å². The minimum atomic E-state index is -0.000309. The quantitative estimate of drug-likeness (QED) is 0.180. The van der Waals surface area contributed by atoms with E-state index < -0.39 is 0 Å². The maximum Gasteiger partial charge on any atom is 0.0607 e. The summed E-state index contributed by atoms with van der Waals surface area (Å²) in [5.74, 6) is 0. The summed E-state index contributed by atoms with van der Waals surface area (Å²) in [6.45, 7) is 4.61. The van der Waals surface area contributed by atoms with Gasteiger partial charge in [0, 0.05) is 25.5 Å².